The lowest BCUT2D eigenvalue weighted by Crippen LogP contribution is -2.11. The first-order valence-corrected chi connectivity index (χ1v) is 6.20. The van der Waals surface area contributed by atoms with E-state index in [1.807, 2.05) is 0 Å². The SMILES string of the molecule is NCc1cccc(-c2cc(C(F)(F)F)cc(C(F)(F)F)c2)c1. The van der Waals surface area contributed by atoms with Crippen LogP contribution in [0.2, 0.25) is 0 Å². The number of halogens is 6. The molecule has 2 aromatic carbocycles. The average Bonchev–Trinajstić information content (AvgIpc) is 2.45. The van der Waals surface area contributed by atoms with Crippen LogP contribution in [0, 0.1) is 0 Å². The van der Waals surface area contributed by atoms with E-state index in [4.69, 9.17) is 5.73 Å². The van der Waals surface area contributed by atoms with E-state index in [-0.39, 0.29) is 23.7 Å². The Kier molecular flexibility index (Phi) is 4.19. The van der Waals surface area contributed by atoms with Crippen molar-refractivity contribution in [3.8, 4) is 11.1 Å². The van der Waals surface area contributed by atoms with Crippen LogP contribution in [0.3, 0.4) is 0 Å². The molecule has 0 aliphatic heterocycles. The van der Waals surface area contributed by atoms with Crippen molar-refractivity contribution in [1.29, 1.82) is 0 Å². The molecule has 7 heteroatoms. The average molecular weight is 319 g/mol. The Morgan fingerprint density at radius 2 is 1.27 bits per heavy atom. The lowest BCUT2D eigenvalue weighted by molar-refractivity contribution is -0.143. The fourth-order valence-electron chi connectivity index (χ4n) is 2.00. The second-order valence-electron chi connectivity index (χ2n) is 4.70. The molecule has 22 heavy (non-hydrogen) atoms. The molecule has 2 rings (SSSR count). The van der Waals surface area contributed by atoms with Crippen molar-refractivity contribution in [2.24, 2.45) is 5.73 Å². The van der Waals surface area contributed by atoms with E-state index in [9.17, 15) is 26.3 Å². The van der Waals surface area contributed by atoms with Gasteiger partial charge in [-0.2, -0.15) is 26.3 Å². The number of nitrogens with two attached hydrogens (primary N) is 1. The van der Waals surface area contributed by atoms with Crippen LogP contribution in [0.25, 0.3) is 11.1 Å². The van der Waals surface area contributed by atoms with Gasteiger partial charge in [0.2, 0.25) is 0 Å². The van der Waals surface area contributed by atoms with Gasteiger partial charge in [-0.05, 0) is 41.0 Å². The largest absolute Gasteiger partial charge is 0.416 e. The van der Waals surface area contributed by atoms with Crippen molar-refractivity contribution in [3.05, 3.63) is 59.2 Å². The van der Waals surface area contributed by atoms with Crippen LogP contribution in [0.1, 0.15) is 16.7 Å². The van der Waals surface area contributed by atoms with Crippen molar-refractivity contribution in [3.63, 3.8) is 0 Å². The Bertz CT molecular complexity index is 640. The molecule has 0 radical (unpaired) electrons. The topological polar surface area (TPSA) is 26.0 Å². The summed E-state index contributed by atoms with van der Waals surface area (Å²) in [6.45, 7) is 0.138. The zero-order valence-corrected chi connectivity index (χ0v) is 11.1. The van der Waals surface area contributed by atoms with Crippen LogP contribution in [0.15, 0.2) is 42.5 Å². The molecule has 0 saturated heterocycles. The van der Waals surface area contributed by atoms with E-state index < -0.39 is 23.5 Å². The highest BCUT2D eigenvalue weighted by atomic mass is 19.4. The quantitative estimate of drug-likeness (QED) is 0.787. The van der Waals surface area contributed by atoms with Gasteiger partial charge in [0.25, 0.3) is 0 Å². The van der Waals surface area contributed by atoms with Crippen molar-refractivity contribution in [2.45, 2.75) is 18.9 Å². The van der Waals surface area contributed by atoms with Crippen LogP contribution < -0.4 is 5.73 Å². The van der Waals surface area contributed by atoms with Gasteiger partial charge in [-0.1, -0.05) is 18.2 Å². The molecule has 0 atom stereocenters. The third-order valence-electron chi connectivity index (χ3n) is 3.08. The van der Waals surface area contributed by atoms with Gasteiger partial charge in [-0.3, -0.25) is 0 Å². The molecular formula is C15H11F6N. The predicted molar refractivity (Wildman–Crippen MR) is 69.8 cm³/mol. The van der Waals surface area contributed by atoms with E-state index in [1.54, 1.807) is 6.07 Å². The van der Waals surface area contributed by atoms with Gasteiger partial charge in [0, 0.05) is 6.54 Å². The lowest BCUT2D eigenvalue weighted by Gasteiger charge is -2.14. The molecule has 0 aromatic heterocycles. The minimum Gasteiger partial charge on any atom is -0.326 e. The summed E-state index contributed by atoms with van der Waals surface area (Å²) in [5.41, 5.74) is 3.47. The second-order valence-corrected chi connectivity index (χ2v) is 4.70. The van der Waals surface area contributed by atoms with Crippen LogP contribution in [0.5, 0.6) is 0 Å². The summed E-state index contributed by atoms with van der Waals surface area (Å²) < 4.78 is 76.9. The van der Waals surface area contributed by atoms with E-state index in [2.05, 4.69) is 0 Å². The summed E-state index contributed by atoms with van der Waals surface area (Å²) in [4.78, 5) is 0. The van der Waals surface area contributed by atoms with E-state index >= 15 is 0 Å². The first-order chi connectivity index (χ1) is 10.1. The number of hydrogen-bond donors (Lipinski definition) is 1. The van der Waals surface area contributed by atoms with Gasteiger partial charge >= 0.3 is 12.4 Å². The molecule has 0 aliphatic carbocycles. The smallest absolute Gasteiger partial charge is 0.326 e. The van der Waals surface area contributed by atoms with E-state index in [1.165, 1.54) is 18.2 Å². The first-order valence-electron chi connectivity index (χ1n) is 6.20. The van der Waals surface area contributed by atoms with Crippen molar-refractivity contribution in [1.82, 2.24) is 0 Å². The summed E-state index contributed by atoms with van der Waals surface area (Å²) in [7, 11) is 0. The van der Waals surface area contributed by atoms with Crippen LogP contribution in [-0.2, 0) is 18.9 Å². The Morgan fingerprint density at radius 3 is 1.73 bits per heavy atom. The Balaban J connectivity index is 2.64. The fourth-order valence-corrected chi connectivity index (χ4v) is 2.00. The van der Waals surface area contributed by atoms with Gasteiger partial charge in [-0.25, -0.2) is 0 Å². The molecular weight excluding hydrogens is 308 g/mol. The third-order valence-corrected chi connectivity index (χ3v) is 3.08. The molecule has 0 amide bonds. The summed E-state index contributed by atoms with van der Waals surface area (Å²) in [5, 5.41) is 0. The van der Waals surface area contributed by atoms with Crippen LogP contribution in [0.4, 0.5) is 26.3 Å². The van der Waals surface area contributed by atoms with Crippen molar-refractivity contribution < 1.29 is 26.3 Å². The highest BCUT2D eigenvalue weighted by Gasteiger charge is 2.36. The highest BCUT2D eigenvalue weighted by Crippen LogP contribution is 2.38. The van der Waals surface area contributed by atoms with Gasteiger partial charge in [0.1, 0.15) is 0 Å². The molecule has 0 aliphatic rings. The standard InChI is InChI=1S/C15H11F6N/c16-14(17,18)12-5-11(6-13(7-12)15(19,20)21)10-3-1-2-9(4-10)8-22/h1-7H,8,22H2. The Morgan fingerprint density at radius 1 is 0.727 bits per heavy atom. The van der Waals surface area contributed by atoms with Crippen molar-refractivity contribution in [2.75, 3.05) is 0 Å². The zero-order chi connectivity index (χ0) is 16.5. The van der Waals surface area contributed by atoms with Gasteiger partial charge in [0.05, 0.1) is 11.1 Å². The molecule has 0 saturated carbocycles. The zero-order valence-electron chi connectivity index (χ0n) is 11.1. The molecule has 2 aromatic rings. The highest BCUT2D eigenvalue weighted by molar-refractivity contribution is 5.66. The molecule has 0 unspecified atom stereocenters. The molecule has 0 fully saturated rings. The minimum atomic E-state index is -4.86. The summed E-state index contributed by atoms with van der Waals surface area (Å²) >= 11 is 0. The molecule has 118 valence electrons. The van der Waals surface area contributed by atoms with Crippen molar-refractivity contribution >= 4 is 0 Å². The molecule has 0 spiro atoms. The lowest BCUT2D eigenvalue weighted by atomic mass is 9.98. The fraction of sp³-hybridized carbons (Fsp3) is 0.200. The minimum absolute atomic E-state index is 0.107. The van der Waals surface area contributed by atoms with Crippen LogP contribution >= 0.6 is 0 Å². The molecule has 0 bridgehead atoms. The maximum absolute atomic E-state index is 12.8. The number of benzene rings is 2. The van der Waals surface area contributed by atoms with Gasteiger partial charge in [0.15, 0.2) is 0 Å². The number of hydrogen-bond acceptors (Lipinski definition) is 1. The van der Waals surface area contributed by atoms with Gasteiger partial charge in [-0.15, -0.1) is 0 Å². The second kappa shape index (κ2) is 5.64. The Hall–Kier alpha value is -2.02. The Labute approximate surface area is 122 Å². The summed E-state index contributed by atoms with van der Waals surface area (Å²) in [6.07, 6.45) is -9.72. The molecule has 1 nitrogen and oxygen atoms in total. The normalized spacial score (nSPS) is 12.5. The first kappa shape index (κ1) is 16.4. The summed E-state index contributed by atoms with van der Waals surface area (Å²) in [6, 6.07) is 7.59. The molecule has 2 N–H and O–H groups in total. The maximum atomic E-state index is 12.8. The molecule has 0 heterocycles. The van der Waals surface area contributed by atoms with Gasteiger partial charge < -0.3 is 5.73 Å². The number of alkyl halides is 6. The third kappa shape index (κ3) is 3.59. The van der Waals surface area contributed by atoms with E-state index in [0.717, 1.165) is 0 Å². The number of rotatable bonds is 2. The maximum Gasteiger partial charge on any atom is 0.416 e. The van der Waals surface area contributed by atoms with Crippen LogP contribution in [-0.4, -0.2) is 0 Å². The monoisotopic (exact) mass is 319 g/mol. The van der Waals surface area contributed by atoms with E-state index in [0.29, 0.717) is 17.7 Å². The predicted octanol–water partition coefficient (Wildman–Crippen LogP) is 4.85. The summed E-state index contributed by atoms with van der Waals surface area (Å²) in [5.74, 6) is 0.